The summed E-state index contributed by atoms with van der Waals surface area (Å²) in [6.45, 7) is 9.62. The molecule has 0 bridgehead atoms. The summed E-state index contributed by atoms with van der Waals surface area (Å²) in [6.07, 6.45) is 0.677. The van der Waals surface area contributed by atoms with Gasteiger partial charge in [0, 0.05) is 19.8 Å². The first-order valence-corrected chi connectivity index (χ1v) is 8.46. The molecule has 0 atom stereocenters. The molecule has 1 aromatic rings. The standard InChI is InChI=1S/C15H25NO3S/c1-12(2)11-19-9-5-8-16-20(17,18)15-7-6-13(3)10-14(15)4/h6-7,10,12,16H,5,8-9,11H2,1-4H3. The van der Waals surface area contributed by atoms with Crippen LogP contribution in [0.4, 0.5) is 0 Å². The normalized spacial score (nSPS) is 12.1. The van der Waals surface area contributed by atoms with Crippen LogP contribution < -0.4 is 4.72 Å². The number of rotatable bonds is 8. The second kappa shape index (κ2) is 7.76. The Bertz CT molecular complexity index is 524. The van der Waals surface area contributed by atoms with Gasteiger partial charge < -0.3 is 4.74 Å². The molecule has 0 unspecified atom stereocenters. The van der Waals surface area contributed by atoms with Crippen molar-refractivity contribution in [3.8, 4) is 0 Å². The van der Waals surface area contributed by atoms with Crippen LogP contribution in [-0.2, 0) is 14.8 Å². The van der Waals surface area contributed by atoms with Crippen molar-refractivity contribution in [1.82, 2.24) is 4.72 Å². The lowest BCUT2D eigenvalue weighted by molar-refractivity contribution is 0.108. The average Bonchev–Trinajstić information content (AvgIpc) is 2.32. The molecule has 0 saturated carbocycles. The Morgan fingerprint density at radius 1 is 1.25 bits per heavy atom. The highest BCUT2D eigenvalue weighted by molar-refractivity contribution is 7.89. The van der Waals surface area contributed by atoms with Gasteiger partial charge in [-0.3, -0.25) is 0 Å². The van der Waals surface area contributed by atoms with Crippen LogP contribution in [0.5, 0.6) is 0 Å². The molecule has 0 heterocycles. The smallest absolute Gasteiger partial charge is 0.240 e. The maximum atomic E-state index is 12.2. The number of aryl methyl sites for hydroxylation is 2. The first-order chi connectivity index (χ1) is 9.33. The molecule has 0 spiro atoms. The monoisotopic (exact) mass is 299 g/mol. The fraction of sp³-hybridized carbons (Fsp3) is 0.600. The third-order valence-corrected chi connectivity index (χ3v) is 4.45. The Labute approximate surface area is 122 Å². The first kappa shape index (κ1) is 17.1. The number of hydrogen-bond donors (Lipinski definition) is 1. The molecule has 0 aromatic heterocycles. The van der Waals surface area contributed by atoms with Crippen LogP contribution in [-0.4, -0.2) is 28.2 Å². The zero-order chi connectivity index (χ0) is 15.2. The van der Waals surface area contributed by atoms with Gasteiger partial charge in [-0.25, -0.2) is 13.1 Å². The van der Waals surface area contributed by atoms with Gasteiger partial charge in [0.25, 0.3) is 0 Å². The van der Waals surface area contributed by atoms with E-state index in [9.17, 15) is 8.42 Å². The van der Waals surface area contributed by atoms with E-state index >= 15 is 0 Å². The van der Waals surface area contributed by atoms with Gasteiger partial charge in [0.05, 0.1) is 4.90 Å². The maximum Gasteiger partial charge on any atom is 0.240 e. The molecule has 5 heteroatoms. The van der Waals surface area contributed by atoms with Crippen molar-refractivity contribution < 1.29 is 13.2 Å². The molecule has 0 fully saturated rings. The van der Waals surface area contributed by atoms with Crippen LogP contribution in [0.25, 0.3) is 0 Å². The topological polar surface area (TPSA) is 55.4 Å². The quantitative estimate of drug-likeness (QED) is 0.751. The molecule has 0 radical (unpaired) electrons. The van der Waals surface area contributed by atoms with Crippen molar-refractivity contribution in [2.75, 3.05) is 19.8 Å². The first-order valence-electron chi connectivity index (χ1n) is 6.97. The van der Waals surface area contributed by atoms with E-state index in [0.29, 0.717) is 37.0 Å². The molecule has 1 rings (SSSR count). The third-order valence-electron chi connectivity index (χ3n) is 2.83. The predicted molar refractivity (Wildman–Crippen MR) is 81.4 cm³/mol. The minimum Gasteiger partial charge on any atom is -0.381 e. The lowest BCUT2D eigenvalue weighted by Gasteiger charge is -2.10. The molecule has 1 aromatic carbocycles. The molecule has 1 N–H and O–H groups in total. The van der Waals surface area contributed by atoms with E-state index in [0.717, 1.165) is 11.1 Å². The van der Waals surface area contributed by atoms with Gasteiger partial charge in [-0.2, -0.15) is 0 Å². The van der Waals surface area contributed by atoms with Gasteiger partial charge in [0.15, 0.2) is 0 Å². The molecular weight excluding hydrogens is 274 g/mol. The summed E-state index contributed by atoms with van der Waals surface area (Å²) in [5.74, 6) is 0.502. The van der Waals surface area contributed by atoms with Crippen molar-refractivity contribution >= 4 is 10.0 Å². The van der Waals surface area contributed by atoms with E-state index < -0.39 is 10.0 Å². The predicted octanol–water partition coefficient (Wildman–Crippen LogP) is 2.64. The van der Waals surface area contributed by atoms with Crippen molar-refractivity contribution in [3.63, 3.8) is 0 Å². The Morgan fingerprint density at radius 3 is 2.55 bits per heavy atom. The largest absolute Gasteiger partial charge is 0.381 e. The summed E-state index contributed by atoms with van der Waals surface area (Å²) < 4.78 is 32.3. The van der Waals surface area contributed by atoms with Gasteiger partial charge >= 0.3 is 0 Å². The summed E-state index contributed by atoms with van der Waals surface area (Å²) >= 11 is 0. The van der Waals surface area contributed by atoms with Crippen LogP contribution in [0.1, 0.15) is 31.4 Å². The van der Waals surface area contributed by atoms with E-state index in [1.807, 2.05) is 26.0 Å². The molecular formula is C15H25NO3S. The lowest BCUT2D eigenvalue weighted by Crippen LogP contribution is -2.26. The van der Waals surface area contributed by atoms with Crippen molar-refractivity contribution in [2.24, 2.45) is 5.92 Å². The van der Waals surface area contributed by atoms with E-state index in [1.54, 1.807) is 6.07 Å². The highest BCUT2D eigenvalue weighted by atomic mass is 32.2. The van der Waals surface area contributed by atoms with Crippen LogP contribution in [0.15, 0.2) is 23.1 Å². The summed E-state index contributed by atoms with van der Waals surface area (Å²) in [5.41, 5.74) is 1.83. The third kappa shape index (κ3) is 5.61. The van der Waals surface area contributed by atoms with Crippen LogP contribution in [0.3, 0.4) is 0 Å². The fourth-order valence-corrected chi connectivity index (χ4v) is 3.18. The molecule has 0 aliphatic heterocycles. The van der Waals surface area contributed by atoms with Crippen molar-refractivity contribution in [3.05, 3.63) is 29.3 Å². The van der Waals surface area contributed by atoms with E-state index in [-0.39, 0.29) is 0 Å². The van der Waals surface area contributed by atoms with Crippen molar-refractivity contribution in [2.45, 2.75) is 39.0 Å². The number of hydrogen-bond acceptors (Lipinski definition) is 3. The van der Waals surface area contributed by atoms with E-state index in [4.69, 9.17) is 4.74 Å². The van der Waals surface area contributed by atoms with Crippen molar-refractivity contribution in [1.29, 1.82) is 0 Å². The van der Waals surface area contributed by atoms with Gasteiger partial charge in [0.1, 0.15) is 0 Å². The Hall–Kier alpha value is -0.910. The Morgan fingerprint density at radius 2 is 1.95 bits per heavy atom. The summed E-state index contributed by atoms with van der Waals surface area (Å²) in [4.78, 5) is 0.353. The second-order valence-electron chi connectivity index (χ2n) is 5.49. The van der Waals surface area contributed by atoms with E-state index in [2.05, 4.69) is 18.6 Å². The fourth-order valence-electron chi connectivity index (χ4n) is 1.88. The molecule has 4 nitrogen and oxygen atoms in total. The SMILES string of the molecule is Cc1ccc(S(=O)(=O)NCCCOCC(C)C)c(C)c1. The highest BCUT2D eigenvalue weighted by Gasteiger charge is 2.15. The summed E-state index contributed by atoms with van der Waals surface area (Å²) in [7, 11) is -3.42. The second-order valence-corrected chi connectivity index (χ2v) is 7.22. The van der Waals surface area contributed by atoms with Gasteiger partial charge in [-0.05, 0) is 37.8 Å². The minimum atomic E-state index is -3.42. The van der Waals surface area contributed by atoms with Crippen LogP contribution in [0.2, 0.25) is 0 Å². The summed E-state index contributed by atoms with van der Waals surface area (Å²) in [5, 5.41) is 0. The molecule has 0 aliphatic carbocycles. The minimum absolute atomic E-state index is 0.353. The Kier molecular flexibility index (Phi) is 6.65. The Balaban J connectivity index is 2.46. The number of sulfonamides is 1. The highest BCUT2D eigenvalue weighted by Crippen LogP contribution is 2.16. The number of benzene rings is 1. The van der Waals surface area contributed by atoms with Crippen LogP contribution >= 0.6 is 0 Å². The zero-order valence-corrected chi connectivity index (χ0v) is 13.6. The van der Waals surface area contributed by atoms with Gasteiger partial charge in [0.2, 0.25) is 10.0 Å². The molecule has 20 heavy (non-hydrogen) atoms. The van der Waals surface area contributed by atoms with Gasteiger partial charge in [-0.15, -0.1) is 0 Å². The maximum absolute atomic E-state index is 12.2. The number of nitrogens with one attached hydrogen (secondary N) is 1. The average molecular weight is 299 g/mol. The molecule has 0 aliphatic rings. The number of ether oxygens (including phenoxy) is 1. The van der Waals surface area contributed by atoms with Crippen LogP contribution in [0, 0.1) is 19.8 Å². The molecule has 114 valence electrons. The lowest BCUT2D eigenvalue weighted by atomic mass is 10.2. The molecule has 0 amide bonds. The van der Waals surface area contributed by atoms with Gasteiger partial charge in [-0.1, -0.05) is 31.5 Å². The molecule has 0 saturated heterocycles. The summed E-state index contributed by atoms with van der Waals surface area (Å²) in [6, 6.07) is 5.34. The van der Waals surface area contributed by atoms with E-state index in [1.165, 1.54) is 0 Å². The zero-order valence-electron chi connectivity index (χ0n) is 12.8.